The van der Waals surface area contributed by atoms with Crippen LogP contribution in [0.25, 0.3) is 0 Å². The fourth-order valence-corrected chi connectivity index (χ4v) is 2.54. The number of hydrogen-bond acceptors (Lipinski definition) is 3. The maximum atomic E-state index is 13.9. The zero-order valence-electron chi connectivity index (χ0n) is 11.2. The van der Waals surface area contributed by atoms with Crippen LogP contribution < -0.4 is 4.90 Å². The average Bonchev–Trinajstić information content (AvgIpc) is 2.31. The molecule has 0 unspecified atom stereocenters. The van der Waals surface area contributed by atoms with Crippen molar-refractivity contribution < 1.29 is 14.3 Å². The molecule has 104 valence electrons. The van der Waals surface area contributed by atoms with Gasteiger partial charge >= 0.3 is 0 Å². The zero-order chi connectivity index (χ0) is 13.8. The summed E-state index contributed by atoms with van der Waals surface area (Å²) in [4.78, 5) is 13.8. The summed E-state index contributed by atoms with van der Waals surface area (Å²) >= 11 is 0. The summed E-state index contributed by atoms with van der Waals surface area (Å²) in [6.45, 7) is 2.16. The summed E-state index contributed by atoms with van der Waals surface area (Å²) in [6, 6.07) is 5.13. The monoisotopic (exact) mass is 265 g/mol. The molecular weight excluding hydrogens is 245 g/mol. The maximum Gasteiger partial charge on any atom is 0.164 e. The minimum Gasteiger partial charge on any atom is -0.396 e. The van der Waals surface area contributed by atoms with Crippen LogP contribution in [0.1, 0.15) is 43.0 Å². The Bertz CT molecular complexity index is 457. The van der Waals surface area contributed by atoms with Crippen LogP contribution in [0.4, 0.5) is 10.1 Å². The molecular formula is C15H20FNO2. The molecule has 1 aliphatic carbocycles. The van der Waals surface area contributed by atoms with Gasteiger partial charge in [0.25, 0.3) is 0 Å². The molecule has 1 saturated carbocycles. The van der Waals surface area contributed by atoms with E-state index >= 15 is 0 Å². The van der Waals surface area contributed by atoms with Crippen LogP contribution in [0.15, 0.2) is 18.2 Å². The number of carbonyl (C=O) groups is 1. The van der Waals surface area contributed by atoms with E-state index in [1.165, 1.54) is 19.4 Å². The van der Waals surface area contributed by atoms with E-state index < -0.39 is 5.82 Å². The molecule has 19 heavy (non-hydrogen) atoms. The highest BCUT2D eigenvalue weighted by Crippen LogP contribution is 2.33. The molecule has 0 amide bonds. The first-order valence-electron chi connectivity index (χ1n) is 6.82. The second-order valence-corrected chi connectivity index (χ2v) is 5.05. The van der Waals surface area contributed by atoms with Crippen LogP contribution >= 0.6 is 0 Å². The Morgan fingerprint density at radius 2 is 2.21 bits per heavy atom. The third-order valence-corrected chi connectivity index (χ3v) is 3.73. The Morgan fingerprint density at radius 1 is 1.47 bits per heavy atom. The summed E-state index contributed by atoms with van der Waals surface area (Å²) < 4.78 is 13.9. The molecule has 0 saturated heterocycles. The topological polar surface area (TPSA) is 40.5 Å². The molecule has 3 nitrogen and oxygen atoms in total. The number of anilines is 1. The minimum atomic E-state index is -0.460. The Labute approximate surface area is 113 Å². The van der Waals surface area contributed by atoms with Crippen molar-refractivity contribution in [2.24, 2.45) is 0 Å². The van der Waals surface area contributed by atoms with Crippen LogP contribution in [0.3, 0.4) is 0 Å². The van der Waals surface area contributed by atoms with Crippen molar-refractivity contribution >= 4 is 11.5 Å². The lowest BCUT2D eigenvalue weighted by atomic mass is 9.90. The van der Waals surface area contributed by atoms with E-state index in [-0.39, 0.29) is 18.0 Å². The lowest BCUT2D eigenvalue weighted by Gasteiger charge is -2.40. The molecule has 0 aromatic heterocycles. The number of Topliss-reactive ketones (excluding diaryl/α,β-unsaturated/α-hetero) is 1. The van der Waals surface area contributed by atoms with Crippen LogP contribution in [-0.2, 0) is 0 Å². The smallest absolute Gasteiger partial charge is 0.164 e. The van der Waals surface area contributed by atoms with Gasteiger partial charge in [-0.2, -0.15) is 0 Å². The highest BCUT2D eigenvalue weighted by molar-refractivity contribution is 6.00. The predicted molar refractivity (Wildman–Crippen MR) is 73.1 cm³/mol. The Kier molecular flexibility index (Phi) is 4.53. The molecule has 4 heteroatoms. The first kappa shape index (κ1) is 14.0. The lowest BCUT2D eigenvalue weighted by Crippen LogP contribution is -2.42. The first-order valence-corrected chi connectivity index (χ1v) is 6.82. The van der Waals surface area contributed by atoms with Crippen molar-refractivity contribution in [1.29, 1.82) is 0 Å². The summed E-state index contributed by atoms with van der Waals surface area (Å²) in [5, 5.41) is 9.00. The molecule has 0 radical (unpaired) electrons. The van der Waals surface area contributed by atoms with Gasteiger partial charge in [0.2, 0.25) is 0 Å². The lowest BCUT2D eigenvalue weighted by molar-refractivity contribution is 0.101. The third-order valence-electron chi connectivity index (χ3n) is 3.73. The molecule has 0 spiro atoms. The maximum absolute atomic E-state index is 13.9. The van der Waals surface area contributed by atoms with Gasteiger partial charge in [-0.1, -0.05) is 6.07 Å². The molecule has 2 rings (SSSR count). The van der Waals surface area contributed by atoms with Crippen LogP contribution in [-0.4, -0.2) is 30.1 Å². The van der Waals surface area contributed by atoms with Gasteiger partial charge in [-0.15, -0.1) is 0 Å². The van der Waals surface area contributed by atoms with Gasteiger partial charge in [0.15, 0.2) is 5.78 Å². The summed E-state index contributed by atoms with van der Waals surface area (Å²) in [5.41, 5.74) is 0.845. The molecule has 1 aromatic rings. The van der Waals surface area contributed by atoms with E-state index in [1.807, 2.05) is 0 Å². The number of ketones is 1. The second kappa shape index (κ2) is 6.15. The quantitative estimate of drug-likeness (QED) is 0.804. The largest absolute Gasteiger partial charge is 0.396 e. The normalized spacial score (nSPS) is 15.1. The number of hydrogen-bond donors (Lipinski definition) is 1. The molecule has 0 heterocycles. The van der Waals surface area contributed by atoms with Gasteiger partial charge in [0, 0.05) is 19.2 Å². The van der Waals surface area contributed by atoms with Gasteiger partial charge < -0.3 is 10.0 Å². The number of aliphatic hydroxyl groups is 1. The molecule has 0 atom stereocenters. The number of halogens is 1. The van der Waals surface area contributed by atoms with Gasteiger partial charge in [0.1, 0.15) is 5.82 Å². The third kappa shape index (κ3) is 2.95. The highest BCUT2D eigenvalue weighted by Gasteiger charge is 2.28. The number of nitrogens with zero attached hydrogens (tertiary/aromatic N) is 1. The number of rotatable bonds is 6. The van der Waals surface area contributed by atoms with Crippen molar-refractivity contribution in [3.8, 4) is 0 Å². The molecule has 0 aliphatic heterocycles. The Morgan fingerprint density at radius 3 is 2.74 bits per heavy atom. The van der Waals surface area contributed by atoms with Crippen molar-refractivity contribution in [1.82, 2.24) is 0 Å². The van der Waals surface area contributed by atoms with Crippen molar-refractivity contribution in [3.05, 3.63) is 29.6 Å². The summed E-state index contributed by atoms with van der Waals surface area (Å²) in [6.07, 6.45) is 3.94. The van der Waals surface area contributed by atoms with E-state index in [9.17, 15) is 9.18 Å². The fraction of sp³-hybridized carbons (Fsp3) is 0.533. The van der Waals surface area contributed by atoms with Crippen LogP contribution in [0.2, 0.25) is 0 Å². The SMILES string of the molecule is CC(=O)c1c(F)cccc1N(CCCO)C1CCC1. The summed E-state index contributed by atoms with van der Waals surface area (Å²) in [7, 11) is 0. The van der Waals surface area contributed by atoms with Crippen molar-refractivity contribution in [3.63, 3.8) is 0 Å². The van der Waals surface area contributed by atoms with Gasteiger partial charge in [0.05, 0.1) is 11.3 Å². The Hall–Kier alpha value is -1.42. The molecule has 0 bridgehead atoms. The predicted octanol–water partition coefficient (Wildman–Crippen LogP) is 2.77. The van der Waals surface area contributed by atoms with E-state index in [0.717, 1.165) is 12.8 Å². The van der Waals surface area contributed by atoms with Crippen molar-refractivity contribution in [2.45, 2.75) is 38.6 Å². The van der Waals surface area contributed by atoms with Gasteiger partial charge in [-0.25, -0.2) is 4.39 Å². The standard InChI is InChI=1S/C15H20FNO2/c1-11(19)15-13(16)7-3-8-14(15)17(9-4-10-18)12-5-2-6-12/h3,7-8,12,18H,2,4-6,9-10H2,1H3. The summed E-state index contributed by atoms with van der Waals surface area (Å²) in [5.74, 6) is -0.709. The van der Waals surface area contributed by atoms with Crippen molar-refractivity contribution in [2.75, 3.05) is 18.1 Å². The Balaban J connectivity index is 2.34. The van der Waals surface area contributed by atoms with Crippen LogP contribution in [0.5, 0.6) is 0 Å². The van der Waals surface area contributed by atoms with E-state index in [1.54, 1.807) is 12.1 Å². The second-order valence-electron chi connectivity index (χ2n) is 5.05. The van der Waals surface area contributed by atoms with E-state index in [2.05, 4.69) is 4.90 Å². The van der Waals surface area contributed by atoms with Crippen LogP contribution in [0, 0.1) is 5.82 Å². The fourth-order valence-electron chi connectivity index (χ4n) is 2.54. The van der Waals surface area contributed by atoms with E-state index in [4.69, 9.17) is 5.11 Å². The number of carbonyl (C=O) groups excluding carboxylic acids is 1. The van der Waals surface area contributed by atoms with Gasteiger partial charge in [-0.3, -0.25) is 4.79 Å². The van der Waals surface area contributed by atoms with Gasteiger partial charge in [-0.05, 0) is 44.7 Å². The minimum absolute atomic E-state index is 0.105. The number of benzene rings is 1. The zero-order valence-corrected chi connectivity index (χ0v) is 11.2. The molecule has 1 aromatic carbocycles. The molecule has 1 N–H and O–H groups in total. The molecule has 1 aliphatic rings. The first-order chi connectivity index (χ1) is 9.15. The molecule has 1 fully saturated rings. The number of aliphatic hydroxyl groups excluding tert-OH is 1. The van der Waals surface area contributed by atoms with E-state index in [0.29, 0.717) is 24.7 Å². The average molecular weight is 265 g/mol. The highest BCUT2D eigenvalue weighted by atomic mass is 19.1.